The average Bonchev–Trinajstić information content (AvgIpc) is 2.29. The lowest BCUT2D eigenvalue weighted by atomic mass is 10.2. The minimum Gasteiger partial charge on any atom is -0.444 e. The monoisotopic (exact) mass is 398 g/mol. The van der Waals surface area contributed by atoms with Crippen molar-refractivity contribution in [3.63, 3.8) is 0 Å². The van der Waals surface area contributed by atoms with Crippen LogP contribution in [0.2, 0.25) is 0 Å². The molecule has 0 aliphatic heterocycles. The molecule has 0 atom stereocenters. The number of ether oxygens (including phenoxy) is 1. The standard InChI is InChI=1S/C13H26N4O2.HI/c1-6-8-15-11(14)16-9-10-17(7-2)12(18)19-13(3,4)5;/h6H,1,7-10H2,2-5H3,(H3,14,15,16);1H. The number of rotatable bonds is 6. The Labute approximate surface area is 138 Å². The molecule has 0 rings (SSSR count). The number of aliphatic imine (C=N–C) groups is 1. The van der Waals surface area contributed by atoms with E-state index >= 15 is 0 Å². The number of hydrogen-bond donors (Lipinski definition) is 2. The Morgan fingerprint density at radius 1 is 1.50 bits per heavy atom. The Morgan fingerprint density at radius 2 is 2.10 bits per heavy atom. The van der Waals surface area contributed by atoms with Gasteiger partial charge in [-0.25, -0.2) is 4.79 Å². The van der Waals surface area contributed by atoms with Crippen molar-refractivity contribution in [2.24, 2.45) is 10.7 Å². The van der Waals surface area contributed by atoms with E-state index in [2.05, 4.69) is 16.9 Å². The number of nitrogens with two attached hydrogens (primary N) is 1. The van der Waals surface area contributed by atoms with Crippen molar-refractivity contribution in [1.82, 2.24) is 10.2 Å². The van der Waals surface area contributed by atoms with Crippen LogP contribution in [-0.4, -0.2) is 48.7 Å². The molecule has 0 aromatic carbocycles. The van der Waals surface area contributed by atoms with Crippen molar-refractivity contribution in [3.05, 3.63) is 12.7 Å². The van der Waals surface area contributed by atoms with Crippen molar-refractivity contribution in [2.75, 3.05) is 26.2 Å². The first-order chi connectivity index (χ1) is 8.80. The van der Waals surface area contributed by atoms with E-state index in [1.54, 1.807) is 11.0 Å². The van der Waals surface area contributed by atoms with Crippen LogP contribution in [0.5, 0.6) is 0 Å². The lowest BCUT2D eigenvalue weighted by Crippen LogP contribution is -2.39. The summed E-state index contributed by atoms with van der Waals surface area (Å²) in [6.07, 6.45) is 1.37. The van der Waals surface area contributed by atoms with Crippen LogP contribution in [0.4, 0.5) is 4.79 Å². The lowest BCUT2D eigenvalue weighted by Gasteiger charge is -2.26. The minimum absolute atomic E-state index is 0. The van der Waals surface area contributed by atoms with Gasteiger partial charge in [0.1, 0.15) is 5.60 Å². The summed E-state index contributed by atoms with van der Waals surface area (Å²) in [5.41, 5.74) is 5.13. The summed E-state index contributed by atoms with van der Waals surface area (Å²) < 4.78 is 5.29. The number of guanidine groups is 1. The second-order valence-corrected chi connectivity index (χ2v) is 5.00. The zero-order valence-corrected chi connectivity index (χ0v) is 15.1. The van der Waals surface area contributed by atoms with E-state index in [0.29, 0.717) is 32.1 Å². The molecule has 0 fully saturated rings. The smallest absolute Gasteiger partial charge is 0.410 e. The largest absolute Gasteiger partial charge is 0.444 e. The molecule has 0 radical (unpaired) electrons. The molecule has 1 amide bonds. The molecule has 0 bridgehead atoms. The number of carbonyl (C=O) groups is 1. The van der Waals surface area contributed by atoms with Crippen molar-refractivity contribution in [2.45, 2.75) is 33.3 Å². The van der Waals surface area contributed by atoms with Gasteiger partial charge in [-0.15, -0.1) is 30.6 Å². The van der Waals surface area contributed by atoms with Crippen molar-refractivity contribution >= 4 is 36.0 Å². The molecular weight excluding hydrogens is 371 g/mol. The third-order valence-corrected chi connectivity index (χ3v) is 2.11. The summed E-state index contributed by atoms with van der Waals surface area (Å²) >= 11 is 0. The molecule has 0 aliphatic rings. The highest BCUT2D eigenvalue weighted by atomic mass is 127. The first-order valence-electron chi connectivity index (χ1n) is 6.42. The van der Waals surface area contributed by atoms with Gasteiger partial charge in [0.05, 0.1) is 6.54 Å². The van der Waals surface area contributed by atoms with Gasteiger partial charge < -0.3 is 20.7 Å². The van der Waals surface area contributed by atoms with E-state index in [9.17, 15) is 4.79 Å². The molecule has 3 N–H and O–H groups in total. The summed E-state index contributed by atoms with van der Waals surface area (Å²) in [6.45, 7) is 13.0. The molecule has 0 saturated heterocycles. The molecule has 20 heavy (non-hydrogen) atoms. The lowest BCUT2D eigenvalue weighted by molar-refractivity contribution is 0.0266. The molecule has 6 nitrogen and oxygen atoms in total. The van der Waals surface area contributed by atoms with Crippen LogP contribution in [-0.2, 0) is 4.74 Å². The topological polar surface area (TPSA) is 80.0 Å². The van der Waals surface area contributed by atoms with Crippen LogP contribution in [0.3, 0.4) is 0 Å². The van der Waals surface area contributed by atoms with Crippen LogP contribution < -0.4 is 11.1 Å². The second kappa shape index (κ2) is 10.8. The van der Waals surface area contributed by atoms with Crippen LogP contribution in [0, 0.1) is 0 Å². The van der Waals surface area contributed by atoms with E-state index in [4.69, 9.17) is 10.5 Å². The molecule has 0 unspecified atom stereocenters. The maximum Gasteiger partial charge on any atom is 0.410 e. The van der Waals surface area contributed by atoms with Gasteiger partial charge in [0.2, 0.25) is 0 Å². The fourth-order valence-corrected chi connectivity index (χ4v) is 1.23. The summed E-state index contributed by atoms with van der Waals surface area (Å²) in [4.78, 5) is 17.5. The Balaban J connectivity index is 0. The quantitative estimate of drug-likeness (QED) is 0.310. The molecule has 0 saturated carbocycles. The summed E-state index contributed by atoms with van der Waals surface area (Å²) in [6, 6.07) is 0. The van der Waals surface area contributed by atoms with Gasteiger partial charge in [-0.2, -0.15) is 0 Å². The molecule has 0 aromatic heterocycles. The molecule has 0 heterocycles. The number of carbonyl (C=O) groups excluding carboxylic acids is 1. The molecule has 0 spiro atoms. The predicted octanol–water partition coefficient (Wildman–Crippen LogP) is 1.95. The van der Waals surface area contributed by atoms with Gasteiger partial charge in [0.25, 0.3) is 0 Å². The van der Waals surface area contributed by atoms with Gasteiger partial charge in [-0.05, 0) is 27.7 Å². The third kappa shape index (κ3) is 10.9. The first-order valence-corrected chi connectivity index (χ1v) is 6.42. The average molecular weight is 398 g/mol. The fourth-order valence-electron chi connectivity index (χ4n) is 1.23. The highest BCUT2D eigenvalue weighted by molar-refractivity contribution is 14.0. The summed E-state index contributed by atoms with van der Waals surface area (Å²) in [7, 11) is 0. The fraction of sp³-hybridized carbons (Fsp3) is 0.692. The highest BCUT2D eigenvalue weighted by Gasteiger charge is 2.20. The first kappa shape index (κ1) is 21.3. The number of hydrogen-bond acceptors (Lipinski definition) is 3. The van der Waals surface area contributed by atoms with Crippen LogP contribution >= 0.6 is 24.0 Å². The van der Waals surface area contributed by atoms with Crippen molar-refractivity contribution in [1.29, 1.82) is 0 Å². The molecular formula is C13H27IN4O2. The molecule has 0 aromatic rings. The Bertz CT molecular complexity index is 327. The SMILES string of the molecule is C=CCNC(N)=NCCN(CC)C(=O)OC(C)(C)C.I. The molecule has 7 heteroatoms. The van der Waals surface area contributed by atoms with E-state index < -0.39 is 5.60 Å². The summed E-state index contributed by atoms with van der Waals surface area (Å²) in [5, 5.41) is 2.87. The number of nitrogens with one attached hydrogen (secondary N) is 1. The maximum absolute atomic E-state index is 11.8. The van der Waals surface area contributed by atoms with Crippen molar-refractivity contribution < 1.29 is 9.53 Å². The van der Waals surface area contributed by atoms with Gasteiger partial charge in [0.15, 0.2) is 5.96 Å². The Kier molecular flexibility index (Phi) is 11.5. The normalized spacial score (nSPS) is 11.3. The van der Waals surface area contributed by atoms with Gasteiger partial charge in [0, 0.05) is 19.6 Å². The predicted molar refractivity (Wildman–Crippen MR) is 93.6 cm³/mol. The minimum atomic E-state index is -0.488. The number of amides is 1. The summed E-state index contributed by atoms with van der Waals surface area (Å²) in [5.74, 6) is 0.347. The van der Waals surface area contributed by atoms with E-state index in [-0.39, 0.29) is 30.1 Å². The highest BCUT2D eigenvalue weighted by Crippen LogP contribution is 2.09. The van der Waals surface area contributed by atoms with Crippen LogP contribution in [0.1, 0.15) is 27.7 Å². The van der Waals surface area contributed by atoms with Crippen molar-refractivity contribution in [3.8, 4) is 0 Å². The van der Waals surface area contributed by atoms with Gasteiger partial charge in [-0.1, -0.05) is 6.08 Å². The Morgan fingerprint density at radius 3 is 2.55 bits per heavy atom. The number of halogens is 1. The van der Waals surface area contributed by atoms with Gasteiger partial charge in [-0.3, -0.25) is 4.99 Å². The van der Waals surface area contributed by atoms with E-state index in [0.717, 1.165) is 0 Å². The molecule has 0 aliphatic carbocycles. The van der Waals surface area contributed by atoms with E-state index in [1.807, 2.05) is 27.7 Å². The maximum atomic E-state index is 11.8. The Hall–Kier alpha value is -0.990. The second-order valence-electron chi connectivity index (χ2n) is 5.00. The molecule has 118 valence electrons. The zero-order chi connectivity index (χ0) is 14.9. The van der Waals surface area contributed by atoms with Crippen LogP contribution in [0.25, 0.3) is 0 Å². The zero-order valence-electron chi connectivity index (χ0n) is 12.8. The van der Waals surface area contributed by atoms with Gasteiger partial charge >= 0.3 is 6.09 Å². The number of likely N-dealkylation sites (N-methyl/N-ethyl adjacent to an activating group) is 1. The van der Waals surface area contributed by atoms with Crippen LogP contribution in [0.15, 0.2) is 17.6 Å². The van der Waals surface area contributed by atoms with E-state index in [1.165, 1.54) is 0 Å². The third-order valence-electron chi connectivity index (χ3n) is 2.11. The number of nitrogens with zero attached hydrogens (tertiary/aromatic N) is 2.